The van der Waals surface area contributed by atoms with Gasteiger partial charge in [0.15, 0.2) is 11.4 Å². The Balaban J connectivity index is 1.34. The number of anilines is 1. The number of hydrogen-bond acceptors (Lipinski definition) is 7. The summed E-state index contributed by atoms with van der Waals surface area (Å²) in [5.74, 6) is 1.62. The Hall–Kier alpha value is -2.72. The Kier molecular flexibility index (Phi) is 8.42. The van der Waals surface area contributed by atoms with Crippen molar-refractivity contribution in [1.82, 2.24) is 9.88 Å². The molecule has 2 aliphatic heterocycles. The zero-order chi connectivity index (χ0) is 27.6. The van der Waals surface area contributed by atoms with Crippen molar-refractivity contribution < 1.29 is 22.6 Å². The van der Waals surface area contributed by atoms with Crippen molar-refractivity contribution in [2.45, 2.75) is 37.7 Å². The molecule has 0 bridgehead atoms. The molecule has 11 heteroatoms. The molecule has 0 saturated carbocycles. The average Bonchev–Trinajstić information content (AvgIpc) is 3.40. The minimum Gasteiger partial charge on any atom is -0.492 e. The van der Waals surface area contributed by atoms with Crippen LogP contribution in [0.2, 0.25) is 10.0 Å². The SMILES string of the molecule is Cc1c(Cl)cccc1S(=O)(=O)Nc1c(OCc2ccc(Cl)c(OCC3CCN(C)CC3)c2)ncc2c1OCC2. The molecule has 0 radical (unpaired) electrons. The largest absolute Gasteiger partial charge is 0.492 e. The van der Waals surface area contributed by atoms with Crippen LogP contribution in [0.4, 0.5) is 5.69 Å². The molecule has 0 aliphatic carbocycles. The van der Waals surface area contributed by atoms with E-state index in [0.29, 0.717) is 52.7 Å². The van der Waals surface area contributed by atoms with Crippen LogP contribution >= 0.6 is 23.2 Å². The van der Waals surface area contributed by atoms with Gasteiger partial charge in [0.2, 0.25) is 5.88 Å². The fourth-order valence-electron chi connectivity index (χ4n) is 4.73. The first kappa shape index (κ1) is 27.8. The number of pyridine rings is 1. The van der Waals surface area contributed by atoms with Gasteiger partial charge in [-0.1, -0.05) is 35.3 Å². The lowest BCUT2D eigenvalue weighted by Crippen LogP contribution is -2.32. The first-order chi connectivity index (χ1) is 18.7. The lowest BCUT2D eigenvalue weighted by molar-refractivity contribution is 0.160. The molecule has 39 heavy (non-hydrogen) atoms. The first-order valence-corrected chi connectivity index (χ1v) is 15.1. The van der Waals surface area contributed by atoms with Gasteiger partial charge in [-0.3, -0.25) is 4.72 Å². The van der Waals surface area contributed by atoms with Crippen molar-refractivity contribution in [2.24, 2.45) is 5.92 Å². The standard InChI is InChI=1S/C28H31Cl2N3O5S/c1-18-22(29)4-3-5-25(18)39(34,35)32-26-27-21(10-13-36-27)15-31-28(26)38-17-20-6-7-23(30)24(14-20)37-16-19-8-11-33(2)12-9-19/h3-7,14-15,19,32H,8-13,16-17H2,1-2H3. The summed E-state index contributed by atoms with van der Waals surface area (Å²) >= 11 is 12.6. The number of nitrogens with zero attached hydrogens (tertiary/aromatic N) is 2. The van der Waals surface area contributed by atoms with Crippen molar-refractivity contribution in [2.75, 3.05) is 38.1 Å². The normalized spacial score (nSPS) is 16.0. The van der Waals surface area contributed by atoms with E-state index in [-0.39, 0.29) is 23.1 Å². The van der Waals surface area contributed by atoms with E-state index in [1.54, 1.807) is 31.3 Å². The molecule has 1 saturated heterocycles. The molecule has 5 rings (SSSR count). The van der Waals surface area contributed by atoms with E-state index in [2.05, 4.69) is 21.7 Å². The minimum absolute atomic E-state index is 0.0700. The third kappa shape index (κ3) is 6.38. The van der Waals surface area contributed by atoms with Crippen LogP contribution in [-0.4, -0.2) is 51.7 Å². The van der Waals surface area contributed by atoms with Crippen LogP contribution in [0.15, 0.2) is 47.5 Å². The molecule has 8 nitrogen and oxygen atoms in total. The van der Waals surface area contributed by atoms with Crippen molar-refractivity contribution in [3.63, 3.8) is 0 Å². The van der Waals surface area contributed by atoms with Gasteiger partial charge < -0.3 is 19.1 Å². The zero-order valence-corrected chi connectivity index (χ0v) is 24.2. The topological polar surface area (TPSA) is 90.0 Å². The van der Waals surface area contributed by atoms with E-state index in [1.807, 2.05) is 12.1 Å². The minimum atomic E-state index is -4.00. The summed E-state index contributed by atoms with van der Waals surface area (Å²) in [5, 5.41) is 0.889. The van der Waals surface area contributed by atoms with E-state index in [9.17, 15) is 8.42 Å². The number of nitrogens with one attached hydrogen (secondary N) is 1. The maximum absolute atomic E-state index is 13.4. The van der Waals surface area contributed by atoms with Crippen molar-refractivity contribution in [3.8, 4) is 17.4 Å². The van der Waals surface area contributed by atoms with E-state index in [0.717, 1.165) is 37.1 Å². The summed E-state index contributed by atoms with van der Waals surface area (Å²) in [6, 6.07) is 10.2. The number of piperidine rings is 1. The Morgan fingerprint density at radius 1 is 1.13 bits per heavy atom. The van der Waals surface area contributed by atoms with Gasteiger partial charge in [-0.05, 0) is 81.2 Å². The van der Waals surface area contributed by atoms with E-state index < -0.39 is 10.0 Å². The maximum atomic E-state index is 13.4. The molecule has 0 spiro atoms. The number of rotatable bonds is 9. The lowest BCUT2D eigenvalue weighted by atomic mass is 9.98. The van der Waals surface area contributed by atoms with Gasteiger partial charge in [-0.25, -0.2) is 13.4 Å². The number of ether oxygens (including phenoxy) is 3. The number of hydrogen-bond donors (Lipinski definition) is 1. The summed E-state index contributed by atoms with van der Waals surface area (Å²) in [7, 11) is -1.87. The first-order valence-electron chi connectivity index (χ1n) is 12.9. The van der Waals surface area contributed by atoms with E-state index in [4.69, 9.17) is 37.4 Å². The van der Waals surface area contributed by atoms with Gasteiger partial charge in [0.1, 0.15) is 12.4 Å². The fourth-order valence-corrected chi connectivity index (χ4v) is 6.46. The molecule has 1 aromatic heterocycles. The van der Waals surface area contributed by atoms with Gasteiger partial charge >= 0.3 is 0 Å². The number of fused-ring (bicyclic) bond motifs is 1. The molecule has 1 fully saturated rings. The van der Waals surface area contributed by atoms with E-state index >= 15 is 0 Å². The van der Waals surface area contributed by atoms with Gasteiger partial charge in [-0.15, -0.1) is 0 Å². The Labute approximate surface area is 239 Å². The smallest absolute Gasteiger partial charge is 0.262 e. The van der Waals surface area contributed by atoms with Crippen LogP contribution in [0.1, 0.15) is 29.5 Å². The van der Waals surface area contributed by atoms with Gasteiger partial charge in [-0.2, -0.15) is 0 Å². The van der Waals surface area contributed by atoms with Crippen LogP contribution in [0.5, 0.6) is 17.4 Å². The second-order valence-electron chi connectivity index (χ2n) is 9.97. The van der Waals surface area contributed by atoms with Crippen molar-refractivity contribution in [1.29, 1.82) is 0 Å². The number of halogens is 2. The molecule has 2 aliphatic rings. The number of likely N-dealkylation sites (tertiary alicyclic amines) is 1. The molecular formula is C28H31Cl2N3O5S. The van der Waals surface area contributed by atoms with Gasteiger partial charge in [0, 0.05) is 23.2 Å². The Morgan fingerprint density at radius 2 is 1.92 bits per heavy atom. The predicted molar refractivity (Wildman–Crippen MR) is 152 cm³/mol. The summed E-state index contributed by atoms with van der Waals surface area (Å²) in [6.45, 7) is 4.95. The quantitative estimate of drug-likeness (QED) is 0.339. The number of aromatic nitrogens is 1. The van der Waals surface area contributed by atoms with Crippen LogP contribution < -0.4 is 18.9 Å². The molecule has 3 aromatic rings. The fraction of sp³-hybridized carbons (Fsp3) is 0.393. The highest BCUT2D eigenvalue weighted by atomic mass is 35.5. The molecule has 208 valence electrons. The summed E-state index contributed by atoms with van der Waals surface area (Å²) < 4.78 is 47.3. The van der Waals surface area contributed by atoms with E-state index in [1.165, 1.54) is 6.07 Å². The molecule has 0 atom stereocenters. The third-order valence-electron chi connectivity index (χ3n) is 7.12. The summed E-state index contributed by atoms with van der Waals surface area (Å²) in [5.41, 5.74) is 2.22. The second kappa shape index (κ2) is 11.8. The van der Waals surface area contributed by atoms with Crippen molar-refractivity contribution in [3.05, 3.63) is 69.3 Å². The highest BCUT2D eigenvalue weighted by Crippen LogP contribution is 2.41. The average molecular weight is 593 g/mol. The lowest BCUT2D eigenvalue weighted by Gasteiger charge is -2.28. The van der Waals surface area contributed by atoms with Gasteiger partial charge in [0.25, 0.3) is 10.0 Å². The molecule has 0 amide bonds. The maximum Gasteiger partial charge on any atom is 0.262 e. The molecule has 3 heterocycles. The second-order valence-corrected chi connectivity index (χ2v) is 12.4. The molecule has 2 aromatic carbocycles. The highest BCUT2D eigenvalue weighted by Gasteiger charge is 2.28. The van der Waals surface area contributed by atoms with Crippen LogP contribution in [0, 0.1) is 12.8 Å². The predicted octanol–water partition coefficient (Wildman–Crippen LogP) is 5.73. The monoisotopic (exact) mass is 591 g/mol. The molecule has 0 unspecified atom stereocenters. The van der Waals surface area contributed by atoms with Crippen LogP contribution in [0.25, 0.3) is 0 Å². The summed E-state index contributed by atoms with van der Waals surface area (Å²) in [6.07, 6.45) is 4.47. The van der Waals surface area contributed by atoms with Crippen LogP contribution in [0.3, 0.4) is 0 Å². The van der Waals surface area contributed by atoms with Crippen molar-refractivity contribution >= 4 is 38.9 Å². The molecule has 1 N–H and O–H groups in total. The molecular weight excluding hydrogens is 561 g/mol. The Morgan fingerprint density at radius 3 is 2.72 bits per heavy atom. The number of benzene rings is 2. The third-order valence-corrected chi connectivity index (χ3v) is 9.33. The highest BCUT2D eigenvalue weighted by molar-refractivity contribution is 7.92. The Bertz CT molecular complexity index is 1460. The van der Waals surface area contributed by atoms with Gasteiger partial charge in [0.05, 0.1) is 23.1 Å². The summed E-state index contributed by atoms with van der Waals surface area (Å²) in [4.78, 5) is 6.80. The number of sulfonamides is 1. The van der Waals surface area contributed by atoms with Crippen LogP contribution in [-0.2, 0) is 23.1 Å². The zero-order valence-electron chi connectivity index (χ0n) is 21.9.